The number of aromatic nitrogens is 2. The monoisotopic (exact) mass is 238 g/mol. The normalized spacial score (nSPS) is 12.4. The zero-order chi connectivity index (χ0) is 12.8. The first-order valence-electron chi connectivity index (χ1n) is 4.52. The smallest absolute Gasteiger partial charge is 0.254 e. The summed E-state index contributed by atoms with van der Waals surface area (Å²) in [6.07, 6.45) is 0. The topological polar surface area (TPSA) is 179 Å². The third-order valence-corrected chi connectivity index (χ3v) is 1.58. The van der Waals surface area contributed by atoms with E-state index in [-0.39, 0.29) is 17.9 Å². The maximum Gasteiger partial charge on any atom is 0.254 e. The lowest BCUT2D eigenvalue weighted by Crippen LogP contribution is -2.37. The third kappa shape index (κ3) is 3.89. The summed E-state index contributed by atoms with van der Waals surface area (Å²) < 4.78 is 0. The minimum Gasteiger partial charge on any atom is -0.369 e. The molecule has 0 atom stereocenters. The van der Waals surface area contributed by atoms with E-state index in [2.05, 4.69) is 30.8 Å². The van der Waals surface area contributed by atoms with E-state index in [9.17, 15) is 0 Å². The molecule has 92 valence electrons. The summed E-state index contributed by atoms with van der Waals surface area (Å²) in [5.41, 5.74) is 15.8. The Morgan fingerprint density at radius 2 is 1.71 bits per heavy atom. The van der Waals surface area contributed by atoms with Crippen LogP contribution in [0.3, 0.4) is 0 Å². The minimum absolute atomic E-state index is 0.0166. The highest BCUT2D eigenvalue weighted by Crippen LogP contribution is 2.14. The van der Waals surface area contributed by atoms with Crippen molar-refractivity contribution in [1.82, 2.24) is 20.8 Å². The number of aryl methyl sites for hydroxylation is 1. The van der Waals surface area contributed by atoms with Crippen molar-refractivity contribution in [2.75, 3.05) is 0 Å². The van der Waals surface area contributed by atoms with Gasteiger partial charge in [-0.15, -0.1) is 0 Å². The molecule has 0 unspecified atom stereocenters. The van der Waals surface area contributed by atoms with E-state index in [1.165, 1.54) is 0 Å². The summed E-state index contributed by atoms with van der Waals surface area (Å²) in [4.78, 5) is 15.7. The SMILES string of the molecule is Cc1cc(N=C(N)NN)nc(/N=C(\N)NN)n1. The molecule has 1 heterocycles. The number of nitrogens with one attached hydrogen (secondary N) is 2. The molecule has 0 spiro atoms. The molecule has 0 aliphatic carbocycles. The summed E-state index contributed by atoms with van der Waals surface area (Å²) in [6.45, 7) is 1.75. The summed E-state index contributed by atoms with van der Waals surface area (Å²) in [7, 11) is 0. The Kier molecular flexibility index (Phi) is 4.14. The van der Waals surface area contributed by atoms with Crippen LogP contribution in [-0.2, 0) is 0 Å². The fraction of sp³-hybridized carbons (Fsp3) is 0.143. The van der Waals surface area contributed by atoms with Crippen molar-refractivity contribution in [2.24, 2.45) is 33.1 Å². The maximum absolute atomic E-state index is 5.39. The van der Waals surface area contributed by atoms with Crippen molar-refractivity contribution in [2.45, 2.75) is 6.92 Å². The molecule has 1 aromatic heterocycles. The van der Waals surface area contributed by atoms with Gasteiger partial charge in [0.1, 0.15) is 0 Å². The van der Waals surface area contributed by atoms with Crippen molar-refractivity contribution in [3.05, 3.63) is 11.8 Å². The van der Waals surface area contributed by atoms with Gasteiger partial charge in [0.2, 0.25) is 11.9 Å². The van der Waals surface area contributed by atoms with Crippen LogP contribution in [0.25, 0.3) is 0 Å². The minimum atomic E-state index is -0.0181. The summed E-state index contributed by atoms with van der Waals surface area (Å²) in [5, 5.41) is 0. The highest BCUT2D eigenvalue weighted by atomic mass is 15.3. The molecule has 0 aliphatic rings. The molecule has 0 aromatic carbocycles. The van der Waals surface area contributed by atoms with Crippen LogP contribution in [0.1, 0.15) is 5.69 Å². The van der Waals surface area contributed by atoms with Crippen molar-refractivity contribution in [3.63, 3.8) is 0 Å². The van der Waals surface area contributed by atoms with Crippen molar-refractivity contribution >= 4 is 23.7 Å². The average molecular weight is 238 g/mol. The number of aliphatic imine (C=N–C) groups is 2. The standard InChI is InChI=1S/C7H14N10/c1-3-2-4(13-5(8)16-10)14-7(12-3)15-6(9)17-11/h2H,10-11H2,1H3,(H6,8,9,12,13,14,15,16,17). The van der Waals surface area contributed by atoms with Crippen molar-refractivity contribution in [3.8, 4) is 0 Å². The first kappa shape index (κ1) is 12.6. The van der Waals surface area contributed by atoms with Crippen LogP contribution in [-0.4, -0.2) is 21.9 Å². The molecule has 0 aliphatic heterocycles. The van der Waals surface area contributed by atoms with Gasteiger partial charge in [0.15, 0.2) is 5.82 Å². The van der Waals surface area contributed by atoms with E-state index in [0.29, 0.717) is 11.5 Å². The van der Waals surface area contributed by atoms with E-state index < -0.39 is 0 Å². The number of rotatable bonds is 2. The molecule has 0 bridgehead atoms. The molecule has 10 N–H and O–H groups in total. The lowest BCUT2D eigenvalue weighted by molar-refractivity contribution is 0.983. The Bertz CT molecular complexity index is 412. The lowest BCUT2D eigenvalue weighted by Gasteiger charge is -2.01. The second kappa shape index (κ2) is 5.58. The molecule has 0 radical (unpaired) electrons. The predicted octanol–water partition coefficient (Wildman–Crippen LogP) is -2.40. The number of nitrogens with two attached hydrogens (primary N) is 4. The molecular formula is C7H14N10. The Balaban J connectivity index is 3.11. The van der Waals surface area contributed by atoms with Gasteiger partial charge in [-0.2, -0.15) is 15.0 Å². The summed E-state index contributed by atoms with van der Waals surface area (Å²) in [5.74, 6) is 10.6. The third-order valence-electron chi connectivity index (χ3n) is 1.58. The molecule has 0 saturated heterocycles. The van der Waals surface area contributed by atoms with Gasteiger partial charge in [-0.1, -0.05) is 0 Å². The van der Waals surface area contributed by atoms with E-state index in [1.54, 1.807) is 13.0 Å². The number of guanidine groups is 2. The Hall–Kier alpha value is -2.46. The van der Waals surface area contributed by atoms with Gasteiger partial charge in [-0.3, -0.25) is 10.9 Å². The van der Waals surface area contributed by atoms with Crippen LogP contribution in [0.4, 0.5) is 11.8 Å². The number of hydrazine groups is 2. The summed E-state index contributed by atoms with van der Waals surface area (Å²) in [6, 6.07) is 1.61. The number of hydrogen-bond acceptors (Lipinski definition) is 6. The lowest BCUT2D eigenvalue weighted by atomic mass is 10.4. The molecule has 0 saturated carbocycles. The van der Waals surface area contributed by atoms with Crippen molar-refractivity contribution < 1.29 is 0 Å². The molecule has 10 nitrogen and oxygen atoms in total. The Morgan fingerprint density at radius 3 is 2.29 bits per heavy atom. The molecule has 1 rings (SSSR count). The second-order valence-electron chi connectivity index (χ2n) is 2.95. The molecule has 17 heavy (non-hydrogen) atoms. The van der Waals surface area contributed by atoms with Crippen LogP contribution >= 0.6 is 0 Å². The van der Waals surface area contributed by atoms with Gasteiger partial charge in [0, 0.05) is 11.8 Å². The first-order chi connectivity index (χ1) is 8.05. The van der Waals surface area contributed by atoms with Crippen LogP contribution in [0.15, 0.2) is 16.1 Å². The van der Waals surface area contributed by atoms with E-state index in [0.717, 1.165) is 0 Å². The van der Waals surface area contributed by atoms with Gasteiger partial charge in [0.25, 0.3) is 5.95 Å². The molecule has 0 fully saturated rings. The van der Waals surface area contributed by atoms with E-state index in [1.807, 2.05) is 0 Å². The molecule has 0 amide bonds. The fourth-order valence-corrected chi connectivity index (χ4v) is 0.940. The van der Waals surface area contributed by atoms with Crippen molar-refractivity contribution in [1.29, 1.82) is 0 Å². The van der Waals surface area contributed by atoms with Crippen LogP contribution in [0, 0.1) is 6.92 Å². The predicted molar refractivity (Wildman–Crippen MR) is 64.0 cm³/mol. The van der Waals surface area contributed by atoms with Gasteiger partial charge in [0.05, 0.1) is 0 Å². The number of nitrogens with zero attached hydrogens (tertiary/aromatic N) is 4. The maximum atomic E-state index is 5.39. The second-order valence-corrected chi connectivity index (χ2v) is 2.95. The zero-order valence-corrected chi connectivity index (χ0v) is 9.18. The largest absolute Gasteiger partial charge is 0.369 e. The van der Waals surface area contributed by atoms with Gasteiger partial charge in [-0.05, 0) is 6.92 Å². The summed E-state index contributed by atoms with van der Waals surface area (Å²) >= 11 is 0. The van der Waals surface area contributed by atoms with Crippen LogP contribution in [0.5, 0.6) is 0 Å². The zero-order valence-electron chi connectivity index (χ0n) is 9.18. The molecule has 1 aromatic rings. The van der Waals surface area contributed by atoms with Gasteiger partial charge >= 0.3 is 0 Å². The fourth-order valence-electron chi connectivity index (χ4n) is 0.940. The van der Waals surface area contributed by atoms with Crippen LogP contribution < -0.4 is 34.0 Å². The number of hydrogen-bond donors (Lipinski definition) is 6. The van der Waals surface area contributed by atoms with E-state index >= 15 is 0 Å². The van der Waals surface area contributed by atoms with Gasteiger partial charge < -0.3 is 11.5 Å². The molecular weight excluding hydrogens is 224 g/mol. The van der Waals surface area contributed by atoms with E-state index in [4.69, 9.17) is 23.2 Å². The van der Waals surface area contributed by atoms with Crippen LogP contribution in [0.2, 0.25) is 0 Å². The quantitative estimate of drug-likeness (QED) is 0.143. The Labute approximate surface area is 97.2 Å². The molecule has 10 heteroatoms. The van der Waals surface area contributed by atoms with Gasteiger partial charge in [-0.25, -0.2) is 16.7 Å². The average Bonchev–Trinajstić information content (AvgIpc) is 2.27. The highest BCUT2D eigenvalue weighted by molar-refractivity contribution is 5.80. The Morgan fingerprint density at radius 1 is 1.12 bits per heavy atom. The first-order valence-corrected chi connectivity index (χ1v) is 4.52. The highest BCUT2D eigenvalue weighted by Gasteiger charge is 2.01.